The lowest BCUT2D eigenvalue weighted by atomic mass is 10.2. The van der Waals surface area contributed by atoms with E-state index < -0.39 is 0 Å². The average molecular weight is 263 g/mol. The Balaban J connectivity index is 2.05. The Bertz CT molecular complexity index is 471. The van der Waals surface area contributed by atoms with Gasteiger partial charge in [0, 0.05) is 51.0 Å². The number of carbonyl (C=O) groups is 2. The van der Waals surface area contributed by atoms with Gasteiger partial charge in [0.2, 0.25) is 0 Å². The summed E-state index contributed by atoms with van der Waals surface area (Å²) in [6, 6.07) is 2.18. The summed E-state index contributed by atoms with van der Waals surface area (Å²) in [6.45, 7) is 7.66. The van der Waals surface area contributed by atoms with Gasteiger partial charge in [0.15, 0.2) is 6.29 Å². The van der Waals surface area contributed by atoms with Crippen molar-refractivity contribution < 1.29 is 9.59 Å². The number of nitrogens with zero attached hydrogens (tertiary/aromatic N) is 3. The zero-order valence-electron chi connectivity index (χ0n) is 11.8. The lowest BCUT2D eigenvalue weighted by Crippen LogP contribution is -2.50. The zero-order valence-corrected chi connectivity index (χ0v) is 11.8. The largest absolute Gasteiger partial charge is 0.346 e. The number of hydrogen-bond donors (Lipinski definition) is 0. The van der Waals surface area contributed by atoms with E-state index in [2.05, 4.69) is 18.7 Å². The predicted octanol–water partition coefficient (Wildman–Crippen LogP) is 1.00. The molecule has 5 heteroatoms. The highest BCUT2D eigenvalue weighted by atomic mass is 16.2. The fourth-order valence-corrected chi connectivity index (χ4v) is 2.47. The molecule has 1 fully saturated rings. The summed E-state index contributed by atoms with van der Waals surface area (Å²) in [7, 11) is 1.80. The van der Waals surface area contributed by atoms with Crippen molar-refractivity contribution >= 4 is 12.2 Å². The van der Waals surface area contributed by atoms with Gasteiger partial charge in [0.1, 0.15) is 5.69 Å². The van der Waals surface area contributed by atoms with Crippen molar-refractivity contribution in [3.8, 4) is 0 Å². The number of carbonyl (C=O) groups excluding carboxylic acids is 2. The van der Waals surface area contributed by atoms with E-state index >= 15 is 0 Å². The molecule has 1 amide bonds. The summed E-state index contributed by atoms with van der Waals surface area (Å²) >= 11 is 0. The third kappa shape index (κ3) is 2.87. The topological polar surface area (TPSA) is 45.6 Å². The summed E-state index contributed by atoms with van der Waals surface area (Å²) in [5.41, 5.74) is 1.13. The van der Waals surface area contributed by atoms with E-state index in [-0.39, 0.29) is 5.91 Å². The highest BCUT2D eigenvalue weighted by Crippen LogP contribution is 2.12. The van der Waals surface area contributed by atoms with Gasteiger partial charge in [-0.05, 0) is 19.9 Å². The fraction of sp³-hybridized carbons (Fsp3) is 0.571. The summed E-state index contributed by atoms with van der Waals surface area (Å²) in [4.78, 5) is 27.4. The van der Waals surface area contributed by atoms with Crippen molar-refractivity contribution in [3.05, 3.63) is 23.5 Å². The van der Waals surface area contributed by atoms with Gasteiger partial charge < -0.3 is 9.47 Å². The lowest BCUT2D eigenvalue weighted by Gasteiger charge is -2.36. The van der Waals surface area contributed by atoms with Gasteiger partial charge in [-0.25, -0.2) is 0 Å². The number of aromatic nitrogens is 1. The molecule has 0 aromatic carbocycles. The van der Waals surface area contributed by atoms with Crippen LogP contribution in [0.3, 0.4) is 0 Å². The molecule has 0 spiro atoms. The van der Waals surface area contributed by atoms with Gasteiger partial charge >= 0.3 is 0 Å². The second-order valence-corrected chi connectivity index (χ2v) is 5.31. The molecule has 1 aliphatic rings. The minimum absolute atomic E-state index is 0.0130. The molecule has 5 nitrogen and oxygen atoms in total. The average Bonchev–Trinajstić information content (AvgIpc) is 2.79. The molecule has 1 aliphatic heterocycles. The summed E-state index contributed by atoms with van der Waals surface area (Å²) in [5.74, 6) is 0.0130. The highest BCUT2D eigenvalue weighted by Gasteiger charge is 2.24. The molecule has 1 aromatic rings. The molecule has 0 atom stereocenters. The minimum Gasteiger partial charge on any atom is -0.346 e. The third-order valence-electron chi connectivity index (χ3n) is 3.71. The van der Waals surface area contributed by atoms with Gasteiger partial charge in [-0.3, -0.25) is 14.5 Å². The molecule has 1 saturated heterocycles. The van der Waals surface area contributed by atoms with Crippen LogP contribution in [-0.4, -0.2) is 58.8 Å². The van der Waals surface area contributed by atoms with Crippen LogP contribution in [-0.2, 0) is 7.05 Å². The van der Waals surface area contributed by atoms with Crippen molar-refractivity contribution in [2.24, 2.45) is 7.05 Å². The molecule has 104 valence electrons. The maximum atomic E-state index is 12.4. The third-order valence-corrected chi connectivity index (χ3v) is 3.71. The molecule has 2 rings (SSSR count). The van der Waals surface area contributed by atoms with Crippen molar-refractivity contribution in [2.45, 2.75) is 19.9 Å². The van der Waals surface area contributed by atoms with Gasteiger partial charge in [-0.2, -0.15) is 0 Å². The van der Waals surface area contributed by atoms with Crippen LogP contribution in [0.4, 0.5) is 0 Å². The van der Waals surface area contributed by atoms with Crippen molar-refractivity contribution in [3.63, 3.8) is 0 Å². The molecule has 0 bridgehead atoms. The quantitative estimate of drug-likeness (QED) is 0.764. The molecule has 1 aromatic heterocycles. The molecule has 0 N–H and O–H groups in total. The van der Waals surface area contributed by atoms with Crippen LogP contribution in [0.15, 0.2) is 12.3 Å². The zero-order chi connectivity index (χ0) is 14.0. The first-order valence-electron chi connectivity index (χ1n) is 6.67. The van der Waals surface area contributed by atoms with Crippen LogP contribution in [0.25, 0.3) is 0 Å². The Morgan fingerprint density at radius 1 is 1.26 bits per heavy atom. The van der Waals surface area contributed by atoms with E-state index in [9.17, 15) is 9.59 Å². The van der Waals surface area contributed by atoms with Gasteiger partial charge in [-0.1, -0.05) is 0 Å². The summed E-state index contributed by atoms with van der Waals surface area (Å²) < 4.78 is 1.72. The van der Waals surface area contributed by atoms with E-state index in [1.165, 1.54) is 0 Å². The maximum Gasteiger partial charge on any atom is 0.270 e. The standard InChI is InChI=1S/C14H21N3O2/c1-11(2)16-4-6-17(7-5-16)14(19)13-8-12(10-18)9-15(13)3/h8-11H,4-7H2,1-3H3. The summed E-state index contributed by atoms with van der Waals surface area (Å²) in [5, 5.41) is 0. The van der Waals surface area contributed by atoms with Crippen LogP contribution < -0.4 is 0 Å². The Kier molecular flexibility index (Phi) is 4.04. The van der Waals surface area contributed by atoms with Crippen molar-refractivity contribution in [1.82, 2.24) is 14.4 Å². The molecule has 19 heavy (non-hydrogen) atoms. The second-order valence-electron chi connectivity index (χ2n) is 5.31. The Labute approximate surface area is 113 Å². The van der Waals surface area contributed by atoms with Crippen LogP contribution in [0, 0.1) is 0 Å². The van der Waals surface area contributed by atoms with Gasteiger partial charge in [0.05, 0.1) is 0 Å². The number of amides is 1. The molecule has 0 unspecified atom stereocenters. The van der Waals surface area contributed by atoms with Crippen LogP contribution in [0.2, 0.25) is 0 Å². The number of hydrogen-bond acceptors (Lipinski definition) is 3. The van der Waals surface area contributed by atoms with E-state index in [4.69, 9.17) is 0 Å². The second kappa shape index (κ2) is 5.57. The molecular formula is C14H21N3O2. The Morgan fingerprint density at radius 3 is 2.37 bits per heavy atom. The normalized spacial score (nSPS) is 16.9. The van der Waals surface area contributed by atoms with Crippen LogP contribution >= 0.6 is 0 Å². The predicted molar refractivity (Wildman–Crippen MR) is 73.4 cm³/mol. The van der Waals surface area contributed by atoms with E-state index in [0.29, 0.717) is 17.3 Å². The molecular weight excluding hydrogens is 242 g/mol. The van der Waals surface area contributed by atoms with Crippen molar-refractivity contribution in [1.29, 1.82) is 0 Å². The van der Waals surface area contributed by atoms with E-state index in [0.717, 1.165) is 32.5 Å². The number of aldehydes is 1. The number of aryl methyl sites for hydroxylation is 1. The maximum absolute atomic E-state index is 12.4. The van der Waals surface area contributed by atoms with Gasteiger partial charge in [0.25, 0.3) is 5.91 Å². The Hall–Kier alpha value is -1.62. The first-order chi connectivity index (χ1) is 9.02. The van der Waals surface area contributed by atoms with E-state index in [1.807, 2.05) is 4.90 Å². The lowest BCUT2D eigenvalue weighted by molar-refractivity contribution is 0.0586. The van der Waals surface area contributed by atoms with Gasteiger partial charge in [-0.15, -0.1) is 0 Å². The molecule has 0 aliphatic carbocycles. The summed E-state index contributed by atoms with van der Waals surface area (Å²) in [6.07, 6.45) is 2.46. The fourth-order valence-electron chi connectivity index (χ4n) is 2.47. The molecule has 0 saturated carbocycles. The molecule has 2 heterocycles. The number of rotatable bonds is 3. The highest BCUT2D eigenvalue weighted by molar-refractivity contribution is 5.94. The van der Waals surface area contributed by atoms with Crippen LogP contribution in [0.1, 0.15) is 34.7 Å². The minimum atomic E-state index is 0.0130. The molecule has 0 radical (unpaired) electrons. The first kappa shape index (κ1) is 13.8. The van der Waals surface area contributed by atoms with E-state index in [1.54, 1.807) is 23.9 Å². The smallest absolute Gasteiger partial charge is 0.270 e. The monoisotopic (exact) mass is 263 g/mol. The van der Waals surface area contributed by atoms with Crippen molar-refractivity contribution in [2.75, 3.05) is 26.2 Å². The number of piperazine rings is 1. The first-order valence-corrected chi connectivity index (χ1v) is 6.67. The SMILES string of the molecule is CC(C)N1CCN(C(=O)c2cc(C=O)cn2C)CC1. The Morgan fingerprint density at radius 2 is 1.89 bits per heavy atom. The van der Waals surface area contributed by atoms with Crippen LogP contribution in [0.5, 0.6) is 0 Å².